The topological polar surface area (TPSA) is 96.9 Å². The van der Waals surface area contributed by atoms with Crippen molar-refractivity contribution in [1.29, 1.82) is 0 Å². The van der Waals surface area contributed by atoms with Gasteiger partial charge in [-0.25, -0.2) is 14.4 Å². The number of carbonyl (C=O) groups excluding carboxylic acids is 3. The highest BCUT2D eigenvalue weighted by molar-refractivity contribution is 5.84. The second-order valence-electron chi connectivity index (χ2n) is 3.42. The quantitative estimate of drug-likeness (QED) is 0.459. The highest BCUT2D eigenvalue weighted by atomic mass is 16.5. The molecule has 0 bridgehead atoms. The molecule has 19 heavy (non-hydrogen) atoms. The van der Waals surface area contributed by atoms with E-state index < -0.39 is 18.0 Å². The van der Waals surface area contributed by atoms with Crippen molar-refractivity contribution in [1.82, 2.24) is 10.6 Å². The van der Waals surface area contributed by atoms with E-state index >= 15 is 0 Å². The smallest absolute Gasteiger partial charge is 0.333 e. The summed E-state index contributed by atoms with van der Waals surface area (Å²) < 4.78 is 4.63. The van der Waals surface area contributed by atoms with Gasteiger partial charge in [-0.05, 0) is 5.56 Å². The minimum atomic E-state index is -0.925. The molecule has 1 unspecified atom stereocenters. The molecule has 0 aliphatic rings. The predicted molar refractivity (Wildman–Crippen MR) is 65.9 cm³/mol. The molecule has 0 saturated heterocycles. The van der Waals surface area contributed by atoms with Gasteiger partial charge < -0.3 is 15.4 Å². The number of urea groups is 1. The van der Waals surface area contributed by atoms with Gasteiger partial charge in [0, 0.05) is 0 Å². The van der Waals surface area contributed by atoms with E-state index in [4.69, 9.17) is 0 Å². The van der Waals surface area contributed by atoms with Crippen LogP contribution in [-0.2, 0) is 14.3 Å². The Kier molecular flexibility index (Phi) is 5.78. The van der Waals surface area contributed by atoms with Crippen molar-refractivity contribution in [3.63, 3.8) is 0 Å². The Morgan fingerprint density at radius 1 is 1.37 bits per heavy atom. The zero-order valence-electron chi connectivity index (χ0n) is 10.3. The number of hydrogen-bond acceptors (Lipinski definition) is 5. The average molecular weight is 263 g/mol. The minimum Gasteiger partial charge on any atom is -0.467 e. The molecule has 1 aromatic carbocycles. The number of rotatable bonds is 5. The number of amides is 2. The fourth-order valence-electron chi connectivity index (χ4n) is 1.37. The third-order valence-corrected chi connectivity index (χ3v) is 2.23. The minimum absolute atomic E-state index is 0.210. The molecular formula is C12H13N3O4. The normalized spacial score (nSPS) is 10.8. The second-order valence-corrected chi connectivity index (χ2v) is 3.42. The molecular weight excluding hydrogens is 250 g/mol. The van der Waals surface area contributed by atoms with Crippen molar-refractivity contribution >= 4 is 18.1 Å². The van der Waals surface area contributed by atoms with Crippen molar-refractivity contribution in [3.05, 3.63) is 35.9 Å². The zero-order chi connectivity index (χ0) is 14.1. The van der Waals surface area contributed by atoms with E-state index in [1.165, 1.54) is 13.2 Å². The lowest BCUT2D eigenvalue weighted by molar-refractivity contribution is -0.143. The average Bonchev–Trinajstić information content (AvgIpc) is 2.45. The highest BCUT2D eigenvalue weighted by Gasteiger charge is 2.22. The maximum absolute atomic E-state index is 11.6. The first kappa shape index (κ1) is 14.4. The van der Waals surface area contributed by atoms with E-state index in [-0.39, 0.29) is 6.67 Å². The van der Waals surface area contributed by atoms with Crippen molar-refractivity contribution < 1.29 is 19.1 Å². The molecule has 1 aromatic rings. The summed E-state index contributed by atoms with van der Waals surface area (Å²) in [5.74, 6) is -0.597. The van der Waals surface area contributed by atoms with Crippen LogP contribution in [-0.4, -0.2) is 31.9 Å². The van der Waals surface area contributed by atoms with Gasteiger partial charge in [0.1, 0.15) is 6.67 Å². The van der Waals surface area contributed by atoms with Gasteiger partial charge in [-0.2, -0.15) is 4.99 Å². The summed E-state index contributed by atoms with van der Waals surface area (Å²) in [6, 6.07) is 7.07. The Labute approximate surface area is 109 Å². The lowest BCUT2D eigenvalue weighted by Gasteiger charge is -2.16. The summed E-state index contributed by atoms with van der Waals surface area (Å²) in [6.45, 7) is -0.210. The Bertz CT molecular complexity index is 483. The van der Waals surface area contributed by atoms with Crippen molar-refractivity contribution in [2.24, 2.45) is 4.99 Å². The molecule has 0 spiro atoms. The first-order chi connectivity index (χ1) is 9.19. The molecule has 2 N–H and O–H groups in total. The first-order valence-corrected chi connectivity index (χ1v) is 5.39. The number of hydrogen-bond donors (Lipinski definition) is 2. The van der Waals surface area contributed by atoms with Crippen LogP contribution in [0.2, 0.25) is 0 Å². The fourth-order valence-corrected chi connectivity index (χ4v) is 1.37. The molecule has 1 atom stereocenters. The van der Waals surface area contributed by atoms with Gasteiger partial charge >= 0.3 is 12.0 Å². The molecule has 7 nitrogen and oxygen atoms in total. The summed E-state index contributed by atoms with van der Waals surface area (Å²) >= 11 is 0. The maximum Gasteiger partial charge on any atom is 0.333 e. The summed E-state index contributed by atoms with van der Waals surface area (Å²) in [4.78, 5) is 36.1. The van der Waals surface area contributed by atoms with Crippen LogP contribution in [0.3, 0.4) is 0 Å². The molecule has 7 heteroatoms. The number of aliphatic imine (C=N–C) groups is 1. The van der Waals surface area contributed by atoms with E-state index in [1.54, 1.807) is 30.3 Å². The molecule has 0 aliphatic heterocycles. The molecule has 0 aliphatic carbocycles. The van der Waals surface area contributed by atoms with Crippen molar-refractivity contribution in [2.45, 2.75) is 6.04 Å². The monoisotopic (exact) mass is 263 g/mol. The summed E-state index contributed by atoms with van der Waals surface area (Å²) in [7, 11) is 1.23. The molecule has 0 fully saturated rings. The van der Waals surface area contributed by atoms with Crippen LogP contribution >= 0.6 is 0 Å². The van der Waals surface area contributed by atoms with Gasteiger partial charge in [-0.1, -0.05) is 30.3 Å². The molecule has 1 rings (SSSR count). The Balaban J connectivity index is 2.73. The number of nitrogens with one attached hydrogen (secondary N) is 2. The van der Waals surface area contributed by atoms with Crippen LogP contribution < -0.4 is 10.6 Å². The van der Waals surface area contributed by atoms with Crippen LogP contribution in [0.4, 0.5) is 4.79 Å². The third kappa shape index (κ3) is 4.61. The molecule has 100 valence electrons. The molecule has 0 aromatic heterocycles. The summed E-state index contributed by atoms with van der Waals surface area (Å²) in [6.07, 6.45) is 1.28. The van der Waals surface area contributed by atoms with Crippen LogP contribution in [0.1, 0.15) is 11.6 Å². The fraction of sp³-hybridized carbons (Fsp3) is 0.250. The number of esters is 1. The van der Waals surface area contributed by atoms with Gasteiger partial charge in [0.25, 0.3) is 0 Å². The molecule has 0 saturated carbocycles. The van der Waals surface area contributed by atoms with E-state index in [1.807, 2.05) is 0 Å². The molecule has 0 radical (unpaired) electrons. The van der Waals surface area contributed by atoms with E-state index in [2.05, 4.69) is 20.4 Å². The van der Waals surface area contributed by atoms with Crippen molar-refractivity contribution in [3.8, 4) is 0 Å². The van der Waals surface area contributed by atoms with E-state index in [9.17, 15) is 14.4 Å². The first-order valence-electron chi connectivity index (χ1n) is 5.39. The van der Waals surface area contributed by atoms with Gasteiger partial charge in [-0.15, -0.1) is 0 Å². The number of methoxy groups -OCH3 is 1. The summed E-state index contributed by atoms with van der Waals surface area (Å²) in [5, 5.41) is 4.70. The summed E-state index contributed by atoms with van der Waals surface area (Å²) in [5.41, 5.74) is 0.586. The molecule has 2 amide bonds. The Morgan fingerprint density at radius 3 is 2.63 bits per heavy atom. The van der Waals surface area contributed by atoms with Gasteiger partial charge in [0.05, 0.1) is 7.11 Å². The van der Waals surface area contributed by atoms with E-state index in [0.29, 0.717) is 5.56 Å². The second kappa shape index (κ2) is 7.62. The van der Waals surface area contributed by atoms with Gasteiger partial charge in [0.2, 0.25) is 6.08 Å². The maximum atomic E-state index is 11.6. The van der Waals surface area contributed by atoms with E-state index in [0.717, 1.165) is 0 Å². The lowest BCUT2D eigenvalue weighted by Crippen LogP contribution is -2.41. The van der Waals surface area contributed by atoms with Crippen LogP contribution in [0.5, 0.6) is 0 Å². The van der Waals surface area contributed by atoms with Gasteiger partial charge in [0.15, 0.2) is 6.04 Å². The largest absolute Gasteiger partial charge is 0.467 e. The van der Waals surface area contributed by atoms with Crippen molar-refractivity contribution in [2.75, 3.05) is 13.8 Å². The number of carbonyl (C=O) groups is 2. The Hall–Kier alpha value is -2.66. The zero-order valence-corrected chi connectivity index (χ0v) is 10.3. The Morgan fingerprint density at radius 2 is 2.05 bits per heavy atom. The SMILES string of the molecule is COC(=O)C(NC(=O)NCN=C=O)c1ccccc1. The van der Waals surface area contributed by atoms with Crippen LogP contribution in [0.15, 0.2) is 35.3 Å². The molecule has 0 heterocycles. The number of ether oxygens (including phenoxy) is 1. The highest BCUT2D eigenvalue weighted by Crippen LogP contribution is 2.13. The van der Waals surface area contributed by atoms with Crippen LogP contribution in [0, 0.1) is 0 Å². The van der Waals surface area contributed by atoms with Crippen LogP contribution in [0.25, 0.3) is 0 Å². The number of isocyanates is 1. The number of nitrogens with zero attached hydrogens (tertiary/aromatic N) is 1. The number of benzene rings is 1. The lowest BCUT2D eigenvalue weighted by atomic mass is 10.1. The standard InChI is InChI=1S/C12H13N3O4/c1-19-11(17)10(9-5-3-2-4-6-9)15-12(18)14-7-13-8-16/h2-6,10H,7H2,1H3,(H2,14,15,18). The predicted octanol–water partition coefficient (Wildman–Crippen LogP) is 0.493. The van der Waals surface area contributed by atoms with Gasteiger partial charge in [-0.3, -0.25) is 0 Å². The third-order valence-electron chi connectivity index (χ3n) is 2.23.